The number of aromatic nitrogens is 5. The Labute approximate surface area is 140 Å². The first-order valence-corrected chi connectivity index (χ1v) is 7.94. The molecule has 3 rings (SSSR count). The average Bonchev–Trinajstić information content (AvgIpc) is 3.03. The van der Waals surface area contributed by atoms with E-state index < -0.39 is 5.91 Å². The van der Waals surface area contributed by atoms with Crippen molar-refractivity contribution in [2.24, 2.45) is 12.8 Å². The van der Waals surface area contributed by atoms with Crippen LogP contribution in [0.15, 0.2) is 21.8 Å². The molecule has 1 unspecified atom stereocenters. The lowest BCUT2D eigenvalue weighted by Crippen LogP contribution is -2.38. The van der Waals surface area contributed by atoms with E-state index in [-0.39, 0.29) is 17.4 Å². The van der Waals surface area contributed by atoms with Gasteiger partial charge in [0.15, 0.2) is 0 Å². The molecule has 1 aliphatic rings. The van der Waals surface area contributed by atoms with Crippen LogP contribution in [0.25, 0.3) is 0 Å². The number of carbonyl (C=O) groups excluding carboxylic acids is 1. The van der Waals surface area contributed by atoms with Crippen LogP contribution < -0.4 is 16.2 Å². The maximum Gasteiger partial charge on any atom is 0.288 e. The predicted octanol–water partition coefficient (Wildman–Crippen LogP) is 0.0747. The number of nitrogens with two attached hydrogens (primary N) is 1. The van der Waals surface area contributed by atoms with E-state index in [1.807, 2.05) is 0 Å². The Morgan fingerprint density at radius 3 is 2.96 bits per heavy atom. The van der Waals surface area contributed by atoms with E-state index in [0.29, 0.717) is 11.0 Å². The van der Waals surface area contributed by atoms with Crippen LogP contribution in [0.2, 0.25) is 0 Å². The SMILES string of the molecule is Cn1ncc(N2CCCC(n3cnc(C(N)=O)n3)C2)c(Br)c1=O. The van der Waals surface area contributed by atoms with Crippen LogP contribution in [0.3, 0.4) is 0 Å². The van der Waals surface area contributed by atoms with Gasteiger partial charge < -0.3 is 10.6 Å². The van der Waals surface area contributed by atoms with Gasteiger partial charge in [-0.05, 0) is 28.8 Å². The molecular weight excluding hydrogens is 366 g/mol. The molecule has 0 aromatic carbocycles. The summed E-state index contributed by atoms with van der Waals surface area (Å²) >= 11 is 3.35. The molecule has 122 valence electrons. The van der Waals surface area contributed by atoms with Crippen molar-refractivity contribution in [3.8, 4) is 0 Å². The predicted molar refractivity (Wildman–Crippen MR) is 86.2 cm³/mol. The molecule has 0 saturated carbocycles. The van der Waals surface area contributed by atoms with Gasteiger partial charge in [0, 0.05) is 20.1 Å². The highest BCUT2D eigenvalue weighted by atomic mass is 79.9. The fourth-order valence-electron chi connectivity index (χ4n) is 2.68. The summed E-state index contributed by atoms with van der Waals surface area (Å²) in [5.41, 5.74) is 5.76. The second-order valence-corrected chi connectivity index (χ2v) is 6.22. The highest BCUT2D eigenvalue weighted by molar-refractivity contribution is 9.10. The number of nitrogens with zero attached hydrogens (tertiary/aromatic N) is 6. The Morgan fingerprint density at radius 2 is 2.26 bits per heavy atom. The van der Waals surface area contributed by atoms with Gasteiger partial charge in [0.25, 0.3) is 11.5 Å². The van der Waals surface area contributed by atoms with Crippen molar-refractivity contribution in [1.29, 1.82) is 0 Å². The zero-order valence-electron chi connectivity index (χ0n) is 12.5. The molecular formula is C13H16BrN7O2. The molecule has 1 saturated heterocycles. The highest BCUT2D eigenvalue weighted by Gasteiger charge is 2.25. The van der Waals surface area contributed by atoms with E-state index in [9.17, 15) is 9.59 Å². The fourth-order valence-corrected chi connectivity index (χ4v) is 3.29. The summed E-state index contributed by atoms with van der Waals surface area (Å²) in [5, 5.41) is 8.20. The lowest BCUT2D eigenvalue weighted by molar-refractivity contribution is 0.0990. The number of aryl methyl sites for hydroxylation is 1. The monoisotopic (exact) mass is 381 g/mol. The summed E-state index contributed by atoms with van der Waals surface area (Å²) in [5.74, 6) is -0.631. The van der Waals surface area contributed by atoms with Crippen LogP contribution >= 0.6 is 15.9 Å². The number of piperidine rings is 1. The molecule has 2 N–H and O–H groups in total. The summed E-state index contributed by atoms with van der Waals surface area (Å²) in [4.78, 5) is 29.1. The Morgan fingerprint density at radius 1 is 1.48 bits per heavy atom. The number of hydrogen-bond donors (Lipinski definition) is 1. The van der Waals surface area contributed by atoms with Gasteiger partial charge in [-0.15, -0.1) is 5.10 Å². The number of hydrogen-bond acceptors (Lipinski definition) is 6. The normalized spacial score (nSPS) is 18.2. The molecule has 0 aliphatic carbocycles. The summed E-state index contributed by atoms with van der Waals surface area (Å²) in [6.07, 6.45) is 5.03. The van der Waals surface area contributed by atoms with Gasteiger partial charge >= 0.3 is 0 Å². The minimum absolute atomic E-state index is 0.0125. The fraction of sp³-hybridized carbons (Fsp3) is 0.462. The second-order valence-electron chi connectivity index (χ2n) is 5.43. The lowest BCUT2D eigenvalue weighted by Gasteiger charge is -2.34. The number of amides is 1. The van der Waals surface area contributed by atoms with Gasteiger partial charge in [-0.2, -0.15) is 5.10 Å². The molecule has 9 nitrogen and oxygen atoms in total. The van der Waals surface area contributed by atoms with Crippen molar-refractivity contribution < 1.29 is 4.79 Å². The van der Waals surface area contributed by atoms with Crippen LogP contribution in [0.4, 0.5) is 5.69 Å². The minimum Gasteiger partial charge on any atom is -0.367 e. The minimum atomic E-state index is -0.644. The van der Waals surface area contributed by atoms with E-state index in [2.05, 4.69) is 36.0 Å². The first kappa shape index (κ1) is 15.7. The number of carbonyl (C=O) groups is 1. The molecule has 1 atom stereocenters. The zero-order valence-corrected chi connectivity index (χ0v) is 14.1. The zero-order chi connectivity index (χ0) is 16.6. The molecule has 1 aliphatic heterocycles. The van der Waals surface area contributed by atoms with Crippen molar-refractivity contribution in [2.45, 2.75) is 18.9 Å². The smallest absolute Gasteiger partial charge is 0.288 e. The van der Waals surface area contributed by atoms with Gasteiger partial charge in [-0.3, -0.25) is 9.59 Å². The summed E-state index contributed by atoms with van der Waals surface area (Å²) in [6, 6.07) is 0.0558. The quantitative estimate of drug-likeness (QED) is 0.805. The third-order valence-electron chi connectivity index (χ3n) is 3.90. The lowest BCUT2D eigenvalue weighted by atomic mass is 10.1. The number of halogens is 1. The molecule has 1 amide bonds. The van der Waals surface area contributed by atoms with Crippen LogP contribution in [0.5, 0.6) is 0 Å². The third-order valence-corrected chi connectivity index (χ3v) is 4.65. The van der Waals surface area contributed by atoms with Crippen molar-refractivity contribution in [3.05, 3.63) is 33.2 Å². The van der Waals surface area contributed by atoms with Crippen LogP contribution in [0, 0.1) is 0 Å². The van der Waals surface area contributed by atoms with Gasteiger partial charge in [-0.25, -0.2) is 14.3 Å². The molecule has 2 aromatic rings. The maximum atomic E-state index is 12.0. The van der Waals surface area contributed by atoms with Crippen LogP contribution in [-0.2, 0) is 7.05 Å². The Bertz CT molecular complexity index is 800. The van der Waals surface area contributed by atoms with E-state index in [4.69, 9.17) is 5.73 Å². The van der Waals surface area contributed by atoms with Crippen LogP contribution in [0.1, 0.15) is 29.5 Å². The van der Waals surface area contributed by atoms with Crippen molar-refractivity contribution in [2.75, 3.05) is 18.0 Å². The van der Waals surface area contributed by atoms with Crippen molar-refractivity contribution in [1.82, 2.24) is 24.5 Å². The molecule has 0 spiro atoms. The van der Waals surface area contributed by atoms with Gasteiger partial charge in [0.05, 0.1) is 17.9 Å². The summed E-state index contributed by atoms with van der Waals surface area (Å²) < 4.78 is 3.44. The molecule has 0 radical (unpaired) electrons. The van der Waals surface area contributed by atoms with Gasteiger partial charge in [0.1, 0.15) is 10.8 Å². The van der Waals surface area contributed by atoms with Gasteiger partial charge in [0.2, 0.25) is 5.82 Å². The van der Waals surface area contributed by atoms with Crippen molar-refractivity contribution in [3.63, 3.8) is 0 Å². The van der Waals surface area contributed by atoms with Gasteiger partial charge in [-0.1, -0.05) is 0 Å². The largest absolute Gasteiger partial charge is 0.367 e. The summed E-state index contributed by atoms with van der Waals surface area (Å²) in [6.45, 7) is 1.47. The summed E-state index contributed by atoms with van der Waals surface area (Å²) in [7, 11) is 1.61. The molecule has 23 heavy (non-hydrogen) atoms. The standard InChI is InChI=1S/C13H16BrN7O2/c1-19-13(23)10(14)9(5-17-19)20-4-2-3-8(6-20)21-7-16-12(18-21)11(15)22/h5,7-8H,2-4,6H2,1H3,(H2,15,22). The number of rotatable bonds is 3. The Balaban J connectivity index is 1.84. The highest BCUT2D eigenvalue weighted by Crippen LogP contribution is 2.28. The first-order chi connectivity index (χ1) is 11.0. The first-order valence-electron chi connectivity index (χ1n) is 7.15. The van der Waals surface area contributed by atoms with E-state index in [0.717, 1.165) is 25.1 Å². The molecule has 2 aromatic heterocycles. The van der Waals surface area contributed by atoms with E-state index in [1.54, 1.807) is 17.9 Å². The molecule has 3 heterocycles. The molecule has 0 bridgehead atoms. The van der Waals surface area contributed by atoms with Crippen LogP contribution in [-0.4, -0.2) is 43.5 Å². The number of primary amides is 1. The number of anilines is 1. The second kappa shape index (κ2) is 6.11. The topological polar surface area (TPSA) is 112 Å². The van der Waals surface area contributed by atoms with Crippen molar-refractivity contribution >= 4 is 27.5 Å². The molecule has 1 fully saturated rings. The Hall–Kier alpha value is -2.23. The maximum absolute atomic E-state index is 12.0. The van der Waals surface area contributed by atoms with E-state index >= 15 is 0 Å². The molecule has 10 heteroatoms. The van der Waals surface area contributed by atoms with E-state index in [1.165, 1.54) is 11.0 Å². The Kier molecular flexibility index (Phi) is 4.16. The average molecular weight is 382 g/mol. The third kappa shape index (κ3) is 2.98.